The lowest BCUT2D eigenvalue weighted by Gasteiger charge is -2.16. The van der Waals surface area contributed by atoms with Gasteiger partial charge in [-0.25, -0.2) is 0 Å². The van der Waals surface area contributed by atoms with Gasteiger partial charge in [0, 0.05) is 18.2 Å². The van der Waals surface area contributed by atoms with Crippen molar-refractivity contribution in [1.29, 1.82) is 0 Å². The van der Waals surface area contributed by atoms with E-state index >= 15 is 0 Å². The molecule has 1 unspecified atom stereocenters. The SMILES string of the molecule is CC(Cc1ccco1)Nc1ccc(OC(C)C)c(Cl)c1. The third-order valence-corrected chi connectivity index (χ3v) is 3.09. The van der Waals surface area contributed by atoms with Gasteiger partial charge >= 0.3 is 0 Å². The molecule has 2 rings (SSSR count). The molecule has 3 nitrogen and oxygen atoms in total. The van der Waals surface area contributed by atoms with Gasteiger partial charge in [-0.05, 0) is 51.1 Å². The fourth-order valence-electron chi connectivity index (χ4n) is 2.01. The second-order valence-electron chi connectivity index (χ2n) is 5.14. The zero-order valence-corrected chi connectivity index (χ0v) is 12.8. The van der Waals surface area contributed by atoms with Crippen molar-refractivity contribution in [2.24, 2.45) is 0 Å². The highest BCUT2D eigenvalue weighted by Gasteiger charge is 2.08. The summed E-state index contributed by atoms with van der Waals surface area (Å²) in [6.45, 7) is 6.07. The maximum Gasteiger partial charge on any atom is 0.138 e. The molecule has 1 N–H and O–H groups in total. The first-order valence-corrected chi connectivity index (χ1v) is 7.17. The van der Waals surface area contributed by atoms with E-state index in [0.717, 1.165) is 17.9 Å². The molecule has 0 aliphatic carbocycles. The van der Waals surface area contributed by atoms with Crippen LogP contribution in [-0.4, -0.2) is 12.1 Å². The predicted molar refractivity (Wildman–Crippen MR) is 82.7 cm³/mol. The lowest BCUT2D eigenvalue weighted by Crippen LogP contribution is -2.17. The molecule has 0 saturated heterocycles. The maximum absolute atomic E-state index is 6.22. The number of halogens is 1. The van der Waals surface area contributed by atoms with E-state index in [0.29, 0.717) is 10.8 Å². The second kappa shape index (κ2) is 6.71. The van der Waals surface area contributed by atoms with Crippen molar-refractivity contribution in [3.63, 3.8) is 0 Å². The number of benzene rings is 1. The standard InChI is InChI=1S/C16H20ClNO2/c1-11(2)20-16-7-6-13(10-15(16)17)18-12(3)9-14-5-4-8-19-14/h4-8,10-12,18H,9H2,1-3H3. The Hall–Kier alpha value is -1.61. The summed E-state index contributed by atoms with van der Waals surface area (Å²) in [5, 5.41) is 4.02. The van der Waals surface area contributed by atoms with Crippen LogP contribution in [0.2, 0.25) is 5.02 Å². The molecule has 0 radical (unpaired) electrons. The van der Waals surface area contributed by atoms with Crippen molar-refractivity contribution in [3.05, 3.63) is 47.4 Å². The summed E-state index contributed by atoms with van der Waals surface area (Å²) >= 11 is 6.22. The molecule has 0 aliphatic rings. The Bertz CT molecular complexity index is 537. The molecule has 0 amide bonds. The van der Waals surface area contributed by atoms with Crippen LogP contribution < -0.4 is 10.1 Å². The summed E-state index contributed by atoms with van der Waals surface area (Å²) in [6, 6.07) is 9.89. The smallest absolute Gasteiger partial charge is 0.138 e. The van der Waals surface area contributed by atoms with E-state index in [-0.39, 0.29) is 12.1 Å². The van der Waals surface area contributed by atoms with Gasteiger partial charge < -0.3 is 14.5 Å². The lowest BCUT2D eigenvalue weighted by molar-refractivity contribution is 0.242. The Morgan fingerprint density at radius 1 is 1.25 bits per heavy atom. The summed E-state index contributed by atoms with van der Waals surface area (Å²) in [4.78, 5) is 0. The number of hydrogen-bond acceptors (Lipinski definition) is 3. The van der Waals surface area contributed by atoms with Crippen LogP contribution in [0.25, 0.3) is 0 Å². The average molecular weight is 294 g/mol. The largest absolute Gasteiger partial charge is 0.489 e. The summed E-state index contributed by atoms with van der Waals surface area (Å²) in [5.74, 6) is 1.68. The van der Waals surface area contributed by atoms with Crippen molar-refractivity contribution in [2.75, 3.05) is 5.32 Å². The van der Waals surface area contributed by atoms with Crippen molar-refractivity contribution in [2.45, 2.75) is 39.3 Å². The van der Waals surface area contributed by atoms with Crippen molar-refractivity contribution in [3.8, 4) is 5.75 Å². The molecule has 0 fully saturated rings. The molecule has 0 saturated carbocycles. The van der Waals surface area contributed by atoms with Gasteiger partial charge in [0.2, 0.25) is 0 Å². The number of rotatable bonds is 6. The molecule has 0 aliphatic heterocycles. The van der Waals surface area contributed by atoms with Gasteiger partial charge in [-0.3, -0.25) is 0 Å². The number of nitrogens with one attached hydrogen (secondary N) is 1. The van der Waals surface area contributed by atoms with Crippen LogP contribution in [0.15, 0.2) is 41.0 Å². The third-order valence-electron chi connectivity index (χ3n) is 2.80. The van der Waals surface area contributed by atoms with Gasteiger partial charge in [-0.15, -0.1) is 0 Å². The van der Waals surface area contributed by atoms with E-state index in [4.69, 9.17) is 20.8 Å². The molecular formula is C16H20ClNO2. The van der Waals surface area contributed by atoms with E-state index < -0.39 is 0 Å². The molecule has 1 atom stereocenters. The summed E-state index contributed by atoms with van der Waals surface area (Å²) in [6.07, 6.45) is 2.63. The molecule has 1 heterocycles. The van der Waals surface area contributed by atoms with E-state index in [2.05, 4.69) is 12.2 Å². The first-order valence-electron chi connectivity index (χ1n) is 6.79. The van der Waals surface area contributed by atoms with Crippen LogP contribution in [0.4, 0.5) is 5.69 Å². The molecule has 0 spiro atoms. The molecule has 1 aromatic carbocycles. The Kier molecular flexibility index (Phi) is 4.96. The van der Waals surface area contributed by atoms with Crippen molar-refractivity contribution >= 4 is 17.3 Å². The molecule has 4 heteroatoms. The first-order chi connectivity index (χ1) is 9.54. The fraction of sp³-hybridized carbons (Fsp3) is 0.375. The third kappa shape index (κ3) is 4.20. The van der Waals surface area contributed by atoms with Crippen molar-refractivity contribution in [1.82, 2.24) is 0 Å². The molecule has 1 aromatic heterocycles. The number of hydrogen-bond donors (Lipinski definition) is 1. The highest BCUT2D eigenvalue weighted by atomic mass is 35.5. The topological polar surface area (TPSA) is 34.4 Å². The van der Waals surface area contributed by atoms with Crippen LogP contribution in [0.1, 0.15) is 26.5 Å². The number of ether oxygens (including phenoxy) is 1. The Balaban J connectivity index is 1.97. The number of anilines is 1. The average Bonchev–Trinajstić information content (AvgIpc) is 2.85. The summed E-state index contributed by atoms with van der Waals surface area (Å²) in [5.41, 5.74) is 0.977. The minimum atomic E-state index is 0.115. The highest BCUT2D eigenvalue weighted by Crippen LogP contribution is 2.28. The Morgan fingerprint density at radius 3 is 2.65 bits per heavy atom. The van der Waals surface area contributed by atoms with Crippen LogP contribution >= 0.6 is 11.6 Å². The Morgan fingerprint density at radius 2 is 2.05 bits per heavy atom. The van der Waals surface area contributed by atoms with Crippen LogP contribution in [0, 0.1) is 0 Å². The van der Waals surface area contributed by atoms with E-state index in [1.165, 1.54) is 0 Å². The molecule has 0 bridgehead atoms. The van der Waals surface area contributed by atoms with Gasteiger partial charge in [0.25, 0.3) is 0 Å². The Labute approximate surface area is 124 Å². The quantitative estimate of drug-likeness (QED) is 0.833. The van der Waals surface area contributed by atoms with Gasteiger partial charge in [0.1, 0.15) is 11.5 Å². The normalized spacial score (nSPS) is 12.4. The first kappa shape index (κ1) is 14.8. The van der Waals surface area contributed by atoms with Crippen LogP contribution in [-0.2, 0) is 6.42 Å². The summed E-state index contributed by atoms with van der Waals surface area (Å²) < 4.78 is 11.0. The zero-order valence-electron chi connectivity index (χ0n) is 12.0. The molecular weight excluding hydrogens is 274 g/mol. The maximum atomic E-state index is 6.22. The monoisotopic (exact) mass is 293 g/mol. The predicted octanol–water partition coefficient (Wildman–Crippen LogP) is 4.76. The van der Waals surface area contributed by atoms with Crippen molar-refractivity contribution < 1.29 is 9.15 Å². The minimum Gasteiger partial charge on any atom is -0.489 e. The zero-order chi connectivity index (χ0) is 14.5. The summed E-state index contributed by atoms with van der Waals surface area (Å²) in [7, 11) is 0. The van der Waals surface area contributed by atoms with E-state index in [1.54, 1.807) is 6.26 Å². The molecule has 20 heavy (non-hydrogen) atoms. The second-order valence-corrected chi connectivity index (χ2v) is 5.55. The van der Waals surface area contributed by atoms with Crippen LogP contribution in [0.3, 0.4) is 0 Å². The van der Waals surface area contributed by atoms with E-state index in [9.17, 15) is 0 Å². The highest BCUT2D eigenvalue weighted by molar-refractivity contribution is 6.32. The van der Waals surface area contributed by atoms with Gasteiger partial charge in [0.05, 0.1) is 17.4 Å². The van der Waals surface area contributed by atoms with Gasteiger partial charge in [-0.1, -0.05) is 11.6 Å². The fourth-order valence-corrected chi connectivity index (χ4v) is 2.23. The molecule has 108 valence electrons. The minimum absolute atomic E-state index is 0.115. The number of furan rings is 1. The van der Waals surface area contributed by atoms with Gasteiger partial charge in [-0.2, -0.15) is 0 Å². The van der Waals surface area contributed by atoms with Gasteiger partial charge in [0.15, 0.2) is 0 Å². The lowest BCUT2D eigenvalue weighted by atomic mass is 10.2. The molecule has 2 aromatic rings. The van der Waals surface area contributed by atoms with E-state index in [1.807, 2.05) is 44.2 Å². The van der Waals surface area contributed by atoms with Crippen LogP contribution in [0.5, 0.6) is 5.75 Å².